The number of hydrogen-bond acceptors (Lipinski definition) is 3. The van der Waals surface area contributed by atoms with E-state index < -0.39 is 29.5 Å². The van der Waals surface area contributed by atoms with Gasteiger partial charge in [-0.05, 0) is 51.3 Å². The van der Waals surface area contributed by atoms with E-state index in [0.717, 1.165) is 12.1 Å². The lowest BCUT2D eigenvalue weighted by Crippen LogP contribution is -2.47. The van der Waals surface area contributed by atoms with Crippen molar-refractivity contribution < 1.29 is 27.5 Å². The smallest absolute Gasteiger partial charge is 0.416 e. The van der Waals surface area contributed by atoms with Gasteiger partial charge in [0.05, 0.1) is 5.56 Å². The number of nitrogens with zero attached hydrogens (tertiary/aromatic N) is 1. The van der Waals surface area contributed by atoms with Crippen LogP contribution in [0.1, 0.15) is 44.7 Å². The van der Waals surface area contributed by atoms with E-state index in [0.29, 0.717) is 24.9 Å². The van der Waals surface area contributed by atoms with Gasteiger partial charge in [0.15, 0.2) is 0 Å². The molecule has 1 fully saturated rings. The van der Waals surface area contributed by atoms with Crippen LogP contribution in [0.3, 0.4) is 0 Å². The molecule has 0 radical (unpaired) electrons. The van der Waals surface area contributed by atoms with Crippen molar-refractivity contribution in [2.75, 3.05) is 6.54 Å². The molecule has 0 spiro atoms. The molecule has 2 rings (SSSR count). The molecule has 1 aliphatic heterocycles. The van der Waals surface area contributed by atoms with Gasteiger partial charge < -0.3 is 10.1 Å². The monoisotopic (exact) mass is 372 g/mol. The minimum absolute atomic E-state index is 0.0929. The Hall–Kier alpha value is -2.25. The SMILES string of the molecule is CC(C)(C)OC(=O)N1CCC[C@H]1C(=O)NCc1ccc(C(F)(F)F)cc1. The summed E-state index contributed by atoms with van der Waals surface area (Å²) in [5.41, 5.74) is -0.839. The van der Waals surface area contributed by atoms with Crippen molar-refractivity contribution >= 4 is 12.0 Å². The van der Waals surface area contributed by atoms with Crippen LogP contribution in [0.15, 0.2) is 24.3 Å². The van der Waals surface area contributed by atoms with Crippen LogP contribution in [0, 0.1) is 0 Å². The molecule has 2 amide bonds. The maximum atomic E-state index is 12.6. The summed E-state index contributed by atoms with van der Waals surface area (Å²) in [6, 6.07) is 3.97. The van der Waals surface area contributed by atoms with Crippen LogP contribution >= 0.6 is 0 Å². The lowest BCUT2D eigenvalue weighted by molar-refractivity contribution is -0.137. The zero-order valence-electron chi connectivity index (χ0n) is 15.0. The Morgan fingerprint density at radius 1 is 1.19 bits per heavy atom. The molecule has 0 aromatic heterocycles. The Kier molecular flexibility index (Phi) is 5.83. The van der Waals surface area contributed by atoms with Crippen molar-refractivity contribution in [1.29, 1.82) is 0 Å². The molecule has 8 heteroatoms. The first-order valence-electron chi connectivity index (χ1n) is 8.41. The minimum Gasteiger partial charge on any atom is -0.444 e. The third-order valence-corrected chi connectivity index (χ3v) is 3.93. The molecule has 0 saturated carbocycles. The maximum Gasteiger partial charge on any atom is 0.416 e. The van der Waals surface area contributed by atoms with E-state index in [1.165, 1.54) is 17.0 Å². The second kappa shape index (κ2) is 7.55. The third-order valence-electron chi connectivity index (χ3n) is 3.93. The molecular formula is C18H23F3N2O3. The van der Waals surface area contributed by atoms with Crippen LogP contribution in [0.25, 0.3) is 0 Å². The first-order chi connectivity index (χ1) is 12.0. The molecule has 0 bridgehead atoms. The number of nitrogens with one attached hydrogen (secondary N) is 1. The highest BCUT2D eigenvalue weighted by atomic mass is 19.4. The molecule has 1 aromatic rings. The molecule has 0 aliphatic carbocycles. The molecule has 1 aromatic carbocycles. The molecule has 5 nitrogen and oxygen atoms in total. The van der Waals surface area contributed by atoms with Gasteiger partial charge in [-0.3, -0.25) is 9.69 Å². The number of carbonyl (C=O) groups is 2. The van der Waals surface area contributed by atoms with Crippen LogP contribution in [0.5, 0.6) is 0 Å². The highest BCUT2D eigenvalue weighted by molar-refractivity contribution is 5.86. The quantitative estimate of drug-likeness (QED) is 0.880. The van der Waals surface area contributed by atoms with E-state index in [-0.39, 0.29) is 12.5 Å². The Balaban J connectivity index is 1.93. The van der Waals surface area contributed by atoms with Gasteiger partial charge in [-0.15, -0.1) is 0 Å². The summed E-state index contributed by atoms with van der Waals surface area (Å²) in [5.74, 6) is -0.340. The van der Waals surface area contributed by atoms with E-state index in [9.17, 15) is 22.8 Å². The average Bonchev–Trinajstić information content (AvgIpc) is 3.00. The third kappa shape index (κ3) is 5.37. The molecule has 1 saturated heterocycles. The van der Waals surface area contributed by atoms with Gasteiger partial charge in [0.25, 0.3) is 0 Å². The van der Waals surface area contributed by atoms with E-state index >= 15 is 0 Å². The van der Waals surface area contributed by atoms with Gasteiger partial charge in [0, 0.05) is 13.1 Å². The largest absolute Gasteiger partial charge is 0.444 e. The van der Waals surface area contributed by atoms with Crippen molar-refractivity contribution in [3.63, 3.8) is 0 Å². The molecule has 144 valence electrons. The number of likely N-dealkylation sites (tertiary alicyclic amines) is 1. The molecule has 1 heterocycles. The topological polar surface area (TPSA) is 58.6 Å². The van der Waals surface area contributed by atoms with Gasteiger partial charge in [-0.2, -0.15) is 13.2 Å². The normalized spacial score (nSPS) is 17.9. The van der Waals surface area contributed by atoms with E-state index in [1.54, 1.807) is 20.8 Å². The molecule has 1 aliphatic rings. The van der Waals surface area contributed by atoms with E-state index in [1.807, 2.05) is 0 Å². The summed E-state index contributed by atoms with van der Waals surface area (Å²) in [5, 5.41) is 2.68. The van der Waals surface area contributed by atoms with Gasteiger partial charge >= 0.3 is 12.3 Å². The van der Waals surface area contributed by atoms with Crippen molar-refractivity contribution in [1.82, 2.24) is 10.2 Å². The van der Waals surface area contributed by atoms with Gasteiger partial charge in [0.1, 0.15) is 11.6 Å². The standard InChI is InChI=1S/C18H23F3N2O3/c1-17(2,3)26-16(25)23-10-4-5-14(23)15(24)22-11-12-6-8-13(9-7-12)18(19,20)21/h6-9,14H,4-5,10-11H2,1-3H3,(H,22,24)/t14-/m0/s1. The van der Waals surface area contributed by atoms with Crippen LogP contribution in [0.2, 0.25) is 0 Å². The highest BCUT2D eigenvalue weighted by Crippen LogP contribution is 2.29. The van der Waals surface area contributed by atoms with Crippen LogP contribution < -0.4 is 5.32 Å². The predicted molar refractivity (Wildman–Crippen MR) is 89.3 cm³/mol. The number of amides is 2. The number of rotatable bonds is 3. The summed E-state index contributed by atoms with van der Waals surface area (Å²) in [6.45, 7) is 5.78. The number of benzene rings is 1. The molecule has 1 N–H and O–H groups in total. The fourth-order valence-corrected chi connectivity index (χ4v) is 2.70. The summed E-state index contributed by atoms with van der Waals surface area (Å²) in [6.07, 6.45) is -3.71. The Morgan fingerprint density at radius 2 is 1.81 bits per heavy atom. The lowest BCUT2D eigenvalue weighted by atomic mass is 10.1. The summed E-state index contributed by atoms with van der Waals surface area (Å²) in [7, 11) is 0. The average molecular weight is 372 g/mol. The Morgan fingerprint density at radius 3 is 2.35 bits per heavy atom. The molecule has 1 atom stereocenters. The zero-order chi connectivity index (χ0) is 19.5. The highest BCUT2D eigenvalue weighted by Gasteiger charge is 2.36. The summed E-state index contributed by atoms with van der Waals surface area (Å²) in [4.78, 5) is 26.0. The number of alkyl halides is 3. The fourth-order valence-electron chi connectivity index (χ4n) is 2.70. The van der Waals surface area contributed by atoms with Crippen LogP contribution in [0.4, 0.5) is 18.0 Å². The van der Waals surface area contributed by atoms with Crippen molar-refractivity contribution in [3.05, 3.63) is 35.4 Å². The zero-order valence-corrected chi connectivity index (χ0v) is 15.0. The maximum absolute atomic E-state index is 12.6. The second-order valence-corrected chi connectivity index (χ2v) is 7.24. The van der Waals surface area contributed by atoms with Gasteiger partial charge in [-0.25, -0.2) is 4.79 Å². The second-order valence-electron chi connectivity index (χ2n) is 7.24. The van der Waals surface area contributed by atoms with Crippen LogP contribution in [-0.4, -0.2) is 35.1 Å². The van der Waals surface area contributed by atoms with Gasteiger partial charge in [-0.1, -0.05) is 12.1 Å². The minimum atomic E-state index is -4.39. The van der Waals surface area contributed by atoms with E-state index in [4.69, 9.17) is 4.74 Å². The predicted octanol–water partition coefficient (Wildman–Crippen LogP) is 3.72. The van der Waals surface area contributed by atoms with Crippen LogP contribution in [-0.2, 0) is 22.3 Å². The van der Waals surface area contributed by atoms with Gasteiger partial charge in [0.2, 0.25) is 5.91 Å². The number of carbonyl (C=O) groups excluding carboxylic acids is 2. The van der Waals surface area contributed by atoms with Crippen molar-refractivity contribution in [2.24, 2.45) is 0 Å². The molecule has 0 unspecified atom stereocenters. The lowest BCUT2D eigenvalue weighted by Gasteiger charge is -2.28. The fraction of sp³-hybridized carbons (Fsp3) is 0.556. The Bertz CT molecular complexity index is 651. The number of halogens is 3. The van der Waals surface area contributed by atoms with Crippen molar-refractivity contribution in [2.45, 2.75) is 58.0 Å². The number of hydrogen-bond donors (Lipinski definition) is 1. The first-order valence-corrected chi connectivity index (χ1v) is 8.41. The molecular weight excluding hydrogens is 349 g/mol. The number of ether oxygens (including phenoxy) is 1. The first kappa shape index (κ1) is 20.1. The molecule has 26 heavy (non-hydrogen) atoms. The van der Waals surface area contributed by atoms with E-state index in [2.05, 4.69) is 5.32 Å². The summed E-state index contributed by atoms with van der Waals surface area (Å²) < 4.78 is 43.0. The summed E-state index contributed by atoms with van der Waals surface area (Å²) >= 11 is 0. The van der Waals surface area contributed by atoms with Crippen molar-refractivity contribution in [3.8, 4) is 0 Å². The Labute approximate surface area is 150 Å².